The molecule has 3 atom stereocenters. The van der Waals surface area contributed by atoms with Gasteiger partial charge in [-0.2, -0.15) is 0 Å². The molecule has 0 bridgehead atoms. The van der Waals surface area contributed by atoms with E-state index < -0.39 is 0 Å². The summed E-state index contributed by atoms with van der Waals surface area (Å²) in [5.41, 5.74) is 2.88. The summed E-state index contributed by atoms with van der Waals surface area (Å²) in [6.45, 7) is 10.4. The summed E-state index contributed by atoms with van der Waals surface area (Å²) in [7, 11) is 2.02. The van der Waals surface area contributed by atoms with Gasteiger partial charge in [0.1, 0.15) is 0 Å². The van der Waals surface area contributed by atoms with Crippen molar-refractivity contribution in [1.82, 2.24) is 10.2 Å². The molecule has 0 amide bonds. The van der Waals surface area contributed by atoms with Gasteiger partial charge in [-0.3, -0.25) is 4.90 Å². The summed E-state index contributed by atoms with van der Waals surface area (Å²) in [5, 5.41) is 3.25. The molecule has 1 aliphatic heterocycles. The normalized spacial score (nSPS) is 25.6. The number of likely N-dealkylation sites (N-methyl/N-ethyl adjacent to an activating group) is 1. The van der Waals surface area contributed by atoms with Gasteiger partial charge in [0.2, 0.25) is 0 Å². The molecule has 112 valence electrons. The number of nitrogens with zero attached hydrogens (tertiary/aromatic N) is 1. The van der Waals surface area contributed by atoms with Gasteiger partial charge >= 0.3 is 0 Å². The Bertz CT molecular complexity index is 398. The molecule has 1 aromatic carbocycles. The van der Waals surface area contributed by atoms with Crippen molar-refractivity contribution in [3.63, 3.8) is 0 Å². The molecular formula is C18H30N2. The van der Waals surface area contributed by atoms with Crippen LogP contribution in [0.1, 0.15) is 50.7 Å². The first kappa shape index (κ1) is 15.5. The average Bonchev–Trinajstić information content (AvgIpc) is 2.43. The lowest BCUT2D eigenvalue weighted by Gasteiger charge is -2.36. The van der Waals surface area contributed by atoms with E-state index in [1.165, 1.54) is 30.5 Å². The number of hydrogen-bond acceptors (Lipinski definition) is 2. The highest BCUT2D eigenvalue weighted by Crippen LogP contribution is 2.24. The first-order valence-corrected chi connectivity index (χ1v) is 8.07. The Kier molecular flexibility index (Phi) is 5.62. The predicted molar refractivity (Wildman–Crippen MR) is 87.1 cm³/mol. The lowest BCUT2D eigenvalue weighted by Crippen LogP contribution is -2.39. The lowest BCUT2D eigenvalue weighted by atomic mass is 9.93. The molecule has 0 saturated carbocycles. The Morgan fingerprint density at radius 2 is 1.95 bits per heavy atom. The summed E-state index contributed by atoms with van der Waals surface area (Å²) >= 11 is 0. The summed E-state index contributed by atoms with van der Waals surface area (Å²) in [5.74, 6) is 1.48. The zero-order chi connectivity index (χ0) is 14.5. The number of benzene rings is 1. The standard InChI is InChI=1S/C18H30N2/c1-14-9-10-20(16(3)11-14)13-17-5-7-18(8-6-17)15(2)12-19-4/h5-8,14-16,19H,9-13H2,1-4H3. The third-order valence-electron chi connectivity index (χ3n) is 4.72. The van der Waals surface area contributed by atoms with Gasteiger partial charge in [0.15, 0.2) is 0 Å². The SMILES string of the molecule is CNCC(C)c1ccc(CN2CCC(C)CC2C)cc1. The largest absolute Gasteiger partial charge is 0.319 e. The van der Waals surface area contributed by atoms with Crippen molar-refractivity contribution in [3.05, 3.63) is 35.4 Å². The summed E-state index contributed by atoms with van der Waals surface area (Å²) in [4.78, 5) is 2.63. The topological polar surface area (TPSA) is 15.3 Å². The Morgan fingerprint density at radius 1 is 1.25 bits per heavy atom. The van der Waals surface area contributed by atoms with E-state index in [0.717, 1.165) is 25.0 Å². The Balaban J connectivity index is 1.93. The molecule has 0 spiro atoms. The van der Waals surface area contributed by atoms with Crippen molar-refractivity contribution in [1.29, 1.82) is 0 Å². The van der Waals surface area contributed by atoms with Gasteiger partial charge in [-0.25, -0.2) is 0 Å². The third-order valence-corrected chi connectivity index (χ3v) is 4.72. The molecule has 1 saturated heterocycles. The van der Waals surface area contributed by atoms with E-state index in [4.69, 9.17) is 0 Å². The zero-order valence-corrected chi connectivity index (χ0v) is 13.5. The number of rotatable bonds is 5. The van der Waals surface area contributed by atoms with Gasteiger partial charge < -0.3 is 5.32 Å². The molecule has 2 rings (SSSR count). The minimum Gasteiger partial charge on any atom is -0.319 e. The van der Waals surface area contributed by atoms with Crippen LogP contribution in [-0.4, -0.2) is 31.1 Å². The van der Waals surface area contributed by atoms with E-state index in [1.807, 2.05) is 7.05 Å². The molecule has 1 aromatic rings. The average molecular weight is 274 g/mol. The second-order valence-corrected chi connectivity index (χ2v) is 6.65. The highest BCUT2D eigenvalue weighted by atomic mass is 15.2. The Labute approximate surface area is 124 Å². The van der Waals surface area contributed by atoms with Crippen LogP contribution >= 0.6 is 0 Å². The van der Waals surface area contributed by atoms with Crippen molar-refractivity contribution >= 4 is 0 Å². The van der Waals surface area contributed by atoms with E-state index in [-0.39, 0.29) is 0 Å². The van der Waals surface area contributed by atoms with Crippen molar-refractivity contribution in [2.24, 2.45) is 5.92 Å². The van der Waals surface area contributed by atoms with E-state index >= 15 is 0 Å². The van der Waals surface area contributed by atoms with Gasteiger partial charge in [0, 0.05) is 19.1 Å². The molecule has 2 nitrogen and oxygen atoms in total. The molecular weight excluding hydrogens is 244 g/mol. The van der Waals surface area contributed by atoms with E-state index in [9.17, 15) is 0 Å². The second-order valence-electron chi connectivity index (χ2n) is 6.65. The first-order valence-electron chi connectivity index (χ1n) is 8.07. The van der Waals surface area contributed by atoms with E-state index in [2.05, 4.69) is 55.3 Å². The van der Waals surface area contributed by atoms with Crippen LogP contribution in [0.5, 0.6) is 0 Å². The fourth-order valence-corrected chi connectivity index (χ4v) is 3.30. The zero-order valence-electron chi connectivity index (χ0n) is 13.5. The van der Waals surface area contributed by atoms with Gasteiger partial charge in [0.05, 0.1) is 0 Å². The van der Waals surface area contributed by atoms with Gasteiger partial charge in [-0.15, -0.1) is 0 Å². The highest BCUT2D eigenvalue weighted by Gasteiger charge is 2.22. The molecule has 0 radical (unpaired) electrons. The lowest BCUT2D eigenvalue weighted by molar-refractivity contribution is 0.122. The van der Waals surface area contributed by atoms with Gasteiger partial charge in [0.25, 0.3) is 0 Å². The molecule has 20 heavy (non-hydrogen) atoms. The molecule has 1 N–H and O–H groups in total. The van der Waals surface area contributed by atoms with E-state index in [0.29, 0.717) is 5.92 Å². The Morgan fingerprint density at radius 3 is 2.55 bits per heavy atom. The Hall–Kier alpha value is -0.860. The monoisotopic (exact) mass is 274 g/mol. The second kappa shape index (κ2) is 7.24. The fourth-order valence-electron chi connectivity index (χ4n) is 3.30. The molecule has 2 heteroatoms. The maximum atomic E-state index is 3.25. The summed E-state index contributed by atoms with van der Waals surface area (Å²) in [6.07, 6.45) is 2.69. The van der Waals surface area contributed by atoms with Gasteiger partial charge in [-0.1, -0.05) is 38.1 Å². The fraction of sp³-hybridized carbons (Fsp3) is 0.667. The minimum atomic E-state index is 0.587. The number of hydrogen-bond donors (Lipinski definition) is 1. The summed E-state index contributed by atoms with van der Waals surface area (Å²) in [6, 6.07) is 9.95. The van der Waals surface area contributed by atoms with E-state index in [1.54, 1.807) is 0 Å². The molecule has 0 aromatic heterocycles. The third kappa shape index (κ3) is 4.07. The minimum absolute atomic E-state index is 0.587. The van der Waals surface area contributed by atoms with Gasteiger partial charge in [-0.05, 0) is 56.3 Å². The van der Waals surface area contributed by atoms with Crippen LogP contribution in [0.3, 0.4) is 0 Å². The van der Waals surface area contributed by atoms with Crippen LogP contribution in [0.4, 0.5) is 0 Å². The maximum absolute atomic E-state index is 3.25. The molecule has 1 aliphatic rings. The highest BCUT2D eigenvalue weighted by molar-refractivity contribution is 5.25. The smallest absolute Gasteiger partial charge is 0.0236 e. The molecule has 0 aliphatic carbocycles. The van der Waals surface area contributed by atoms with Crippen LogP contribution in [0.25, 0.3) is 0 Å². The van der Waals surface area contributed by atoms with Crippen LogP contribution in [0.2, 0.25) is 0 Å². The number of piperidine rings is 1. The van der Waals surface area contributed by atoms with Crippen LogP contribution < -0.4 is 5.32 Å². The van der Waals surface area contributed by atoms with Crippen LogP contribution in [0.15, 0.2) is 24.3 Å². The van der Waals surface area contributed by atoms with Crippen LogP contribution in [0, 0.1) is 5.92 Å². The number of nitrogens with one attached hydrogen (secondary N) is 1. The molecule has 1 fully saturated rings. The first-order chi connectivity index (χ1) is 9.60. The molecule has 1 heterocycles. The van der Waals surface area contributed by atoms with Crippen molar-refractivity contribution in [2.75, 3.05) is 20.1 Å². The predicted octanol–water partition coefficient (Wildman–Crippen LogP) is 3.63. The van der Waals surface area contributed by atoms with Crippen molar-refractivity contribution in [2.45, 2.75) is 52.1 Å². The number of likely N-dealkylation sites (tertiary alicyclic amines) is 1. The maximum Gasteiger partial charge on any atom is 0.0236 e. The molecule has 3 unspecified atom stereocenters. The summed E-state index contributed by atoms with van der Waals surface area (Å²) < 4.78 is 0. The van der Waals surface area contributed by atoms with Crippen LogP contribution in [-0.2, 0) is 6.54 Å². The van der Waals surface area contributed by atoms with Crippen molar-refractivity contribution < 1.29 is 0 Å². The quantitative estimate of drug-likeness (QED) is 0.882. The van der Waals surface area contributed by atoms with Crippen molar-refractivity contribution in [3.8, 4) is 0 Å².